The molecule has 0 aromatic carbocycles. The van der Waals surface area contributed by atoms with E-state index < -0.39 is 0 Å². The molecule has 0 bridgehead atoms. The Balaban J connectivity index is 2.13. The monoisotopic (exact) mass is 285 g/mol. The van der Waals surface area contributed by atoms with Crippen molar-refractivity contribution in [2.24, 2.45) is 5.92 Å². The molecule has 5 nitrogen and oxygen atoms in total. The van der Waals surface area contributed by atoms with E-state index in [-0.39, 0.29) is 5.91 Å². The second kappa shape index (κ2) is 10.1. The summed E-state index contributed by atoms with van der Waals surface area (Å²) in [5.74, 6) is 0.884. The molecule has 2 N–H and O–H groups in total. The van der Waals surface area contributed by atoms with Crippen LogP contribution < -0.4 is 10.6 Å². The summed E-state index contributed by atoms with van der Waals surface area (Å²) in [7, 11) is 1.68. The molecule has 0 saturated carbocycles. The van der Waals surface area contributed by atoms with Crippen LogP contribution in [0.4, 0.5) is 0 Å². The molecule has 1 atom stereocenters. The normalized spacial score (nSPS) is 18.9. The van der Waals surface area contributed by atoms with Gasteiger partial charge in [-0.05, 0) is 51.7 Å². The van der Waals surface area contributed by atoms with Gasteiger partial charge in [-0.3, -0.25) is 9.69 Å². The number of ether oxygens (including phenoxy) is 1. The molecule has 0 aromatic heterocycles. The molecule has 1 saturated heterocycles. The first-order chi connectivity index (χ1) is 9.67. The van der Waals surface area contributed by atoms with Gasteiger partial charge < -0.3 is 15.4 Å². The van der Waals surface area contributed by atoms with Gasteiger partial charge >= 0.3 is 0 Å². The highest BCUT2D eigenvalue weighted by Crippen LogP contribution is 2.20. The highest BCUT2D eigenvalue weighted by atomic mass is 16.5. The third-order valence-corrected chi connectivity index (χ3v) is 4.08. The second-order valence-electron chi connectivity index (χ2n) is 5.66. The van der Waals surface area contributed by atoms with Crippen LogP contribution in [0.5, 0.6) is 0 Å². The minimum absolute atomic E-state index is 0.138. The van der Waals surface area contributed by atoms with Crippen molar-refractivity contribution in [3.05, 3.63) is 0 Å². The van der Waals surface area contributed by atoms with E-state index in [1.165, 1.54) is 12.8 Å². The highest BCUT2D eigenvalue weighted by Gasteiger charge is 2.24. The first-order valence-electron chi connectivity index (χ1n) is 7.88. The van der Waals surface area contributed by atoms with Crippen LogP contribution in [0.3, 0.4) is 0 Å². The van der Waals surface area contributed by atoms with E-state index in [2.05, 4.69) is 29.4 Å². The molecular weight excluding hydrogens is 254 g/mol. The Morgan fingerprint density at radius 3 is 2.70 bits per heavy atom. The van der Waals surface area contributed by atoms with Crippen molar-refractivity contribution in [2.45, 2.75) is 39.2 Å². The van der Waals surface area contributed by atoms with Gasteiger partial charge in [0.1, 0.15) is 0 Å². The van der Waals surface area contributed by atoms with Gasteiger partial charge in [-0.25, -0.2) is 0 Å². The molecule has 1 aliphatic rings. The fraction of sp³-hybridized carbons (Fsp3) is 0.933. The zero-order valence-corrected chi connectivity index (χ0v) is 13.3. The van der Waals surface area contributed by atoms with Crippen molar-refractivity contribution in [1.82, 2.24) is 15.5 Å². The van der Waals surface area contributed by atoms with Gasteiger partial charge in [-0.2, -0.15) is 0 Å². The highest BCUT2D eigenvalue weighted by molar-refractivity contribution is 5.77. The van der Waals surface area contributed by atoms with Gasteiger partial charge in [-0.1, -0.05) is 6.92 Å². The van der Waals surface area contributed by atoms with Crippen molar-refractivity contribution < 1.29 is 9.53 Å². The molecular formula is C15H31N3O2. The fourth-order valence-electron chi connectivity index (χ4n) is 2.80. The Labute approximate surface area is 123 Å². The Morgan fingerprint density at radius 1 is 1.40 bits per heavy atom. The zero-order valence-electron chi connectivity index (χ0n) is 13.3. The molecule has 0 aliphatic carbocycles. The molecule has 1 rings (SSSR count). The Hall–Kier alpha value is -0.650. The summed E-state index contributed by atoms with van der Waals surface area (Å²) < 4.78 is 4.96. The summed E-state index contributed by atoms with van der Waals surface area (Å²) in [5, 5.41) is 6.45. The molecule has 0 radical (unpaired) electrons. The van der Waals surface area contributed by atoms with Gasteiger partial charge in [0.25, 0.3) is 0 Å². The number of methoxy groups -OCH3 is 1. The Bertz CT molecular complexity index is 266. The van der Waals surface area contributed by atoms with E-state index in [0.29, 0.717) is 25.7 Å². The number of hydrogen-bond acceptors (Lipinski definition) is 4. The average Bonchev–Trinajstić information content (AvgIpc) is 2.45. The zero-order chi connectivity index (χ0) is 14.8. The number of likely N-dealkylation sites (tertiary alicyclic amines) is 1. The van der Waals surface area contributed by atoms with E-state index >= 15 is 0 Å². The molecule has 5 heteroatoms. The average molecular weight is 285 g/mol. The number of amides is 1. The lowest BCUT2D eigenvalue weighted by atomic mass is 9.90. The number of rotatable bonds is 9. The number of hydrogen-bond donors (Lipinski definition) is 2. The lowest BCUT2D eigenvalue weighted by molar-refractivity contribution is -0.122. The molecule has 1 heterocycles. The Kier molecular flexibility index (Phi) is 8.82. The number of carbonyl (C=O) groups excluding carboxylic acids is 1. The van der Waals surface area contributed by atoms with Gasteiger partial charge in [0.2, 0.25) is 5.91 Å². The summed E-state index contributed by atoms with van der Waals surface area (Å²) in [4.78, 5) is 14.1. The van der Waals surface area contributed by atoms with Crippen LogP contribution in [-0.2, 0) is 9.53 Å². The first kappa shape index (κ1) is 17.4. The largest absolute Gasteiger partial charge is 0.385 e. The summed E-state index contributed by atoms with van der Waals surface area (Å²) in [6.45, 7) is 9.47. The molecule has 1 aliphatic heterocycles. The molecule has 118 valence electrons. The van der Waals surface area contributed by atoms with E-state index in [1.807, 2.05) is 0 Å². The second-order valence-corrected chi connectivity index (χ2v) is 5.66. The minimum atomic E-state index is 0.138. The van der Waals surface area contributed by atoms with Crippen LogP contribution in [0.25, 0.3) is 0 Å². The SMILES string of the molecule is CCNC(C)C1CCN(CC(=O)NCCCOC)CC1. The van der Waals surface area contributed by atoms with Crippen LogP contribution in [0.15, 0.2) is 0 Å². The smallest absolute Gasteiger partial charge is 0.234 e. The minimum Gasteiger partial charge on any atom is -0.385 e. The maximum Gasteiger partial charge on any atom is 0.234 e. The molecule has 1 amide bonds. The third kappa shape index (κ3) is 6.68. The number of carbonyl (C=O) groups is 1. The lowest BCUT2D eigenvalue weighted by Crippen LogP contribution is -2.45. The van der Waals surface area contributed by atoms with Crippen molar-refractivity contribution in [2.75, 3.05) is 46.4 Å². The van der Waals surface area contributed by atoms with E-state index in [0.717, 1.165) is 32.0 Å². The topological polar surface area (TPSA) is 53.6 Å². The van der Waals surface area contributed by atoms with Gasteiger partial charge in [0, 0.05) is 26.3 Å². The molecule has 20 heavy (non-hydrogen) atoms. The van der Waals surface area contributed by atoms with Crippen LogP contribution in [0, 0.1) is 5.92 Å². The molecule has 1 fully saturated rings. The van der Waals surface area contributed by atoms with Crippen molar-refractivity contribution >= 4 is 5.91 Å². The standard InChI is InChI=1S/C15H31N3O2/c1-4-16-13(2)14-6-9-18(10-7-14)12-15(19)17-8-5-11-20-3/h13-14,16H,4-12H2,1-3H3,(H,17,19). The summed E-state index contributed by atoms with van der Waals surface area (Å²) >= 11 is 0. The van der Waals surface area contributed by atoms with Crippen LogP contribution >= 0.6 is 0 Å². The van der Waals surface area contributed by atoms with Crippen molar-refractivity contribution in [3.63, 3.8) is 0 Å². The number of nitrogens with one attached hydrogen (secondary N) is 2. The first-order valence-corrected chi connectivity index (χ1v) is 7.88. The third-order valence-electron chi connectivity index (χ3n) is 4.08. The lowest BCUT2D eigenvalue weighted by Gasteiger charge is -2.34. The molecule has 0 spiro atoms. The molecule has 0 aromatic rings. The maximum absolute atomic E-state index is 11.8. The number of piperidine rings is 1. The van der Waals surface area contributed by atoms with Crippen LogP contribution in [0.1, 0.15) is 33.1 Å². The van der Waals surface area contributed by atoms with E-state index in [4.69, 9.17) is 4.74 Å². The van der Waals surface area contributed by atoms with Crippen molar-refractivity contribution in [3.8, 4) is 0 Å². The van der Waals surface area contributed by atoms with E-state index in [1.54, 1.807) is 7.11 Å². The summed E-state index contributed by atoms with van der Waals surface area (Å²) in [6.07, 6.45) is 3.25. The van der Waals surface area contributed by atoms with Gasteiger partial charge in [0.05, 0.1) is 6.54 Å². The molecule has 1 unspecified atom stereocenters. The van der Waals surface area contributed by atoms with Crippen LogP contribution in [-0.4, -0.2) is 63.3 Å². The summed E-state index contributed by atoms with van der Waals surface area (Å²) in [5.41, 5.74) is 0. The van der Waals surface area contributed by atoms with Gasteiger partial charge in [-0.15, -0.1) is 0 Å². The van der Waals surface area contributed by atoms with E-state index in [9.17, 15) is 4.79 Å². The quantitative estimate of drug-likeness (QED) is 0.617. The van der Waals surface area contributed by atoms with Crippen LogP contribution in [0.2, 0.25) is 0 Å². The van der Waals surface area contributed by atoms with Crippen molar-refractivity contribution in [1.29, 1.82) is 0 Å². The number of nitrogens with zero attached hydrogens (tertiary/aromatic N) is 1. The van der Waals surface area contributed by atoms with Gasteiger partial charge in [0.15, 0.2) is 0 Å². The predicted octanol–water partition coefficient (Wildman–Crippen LogP) is 0.849. The Morgan fingerprint density at radius 2 is 2.10 bits per heavy atom. The maximum atomic E-state index is 11.8. The predicted molar refractivity (Wildman–Crippen MR) is 81.8 cm³/mol. The fourth-order valence-corrected chi connectivity index (χ4v) is 2.80. The summed E-state index contributed by atoms with van der Waals surface area (Å²) in [6, 6.07) is 0.588.